The van der Waals surface area contributed by atoms with E-state index in [2.05, 4.69) is 39.7 Å². The lowest BCUT2D eigenvalue weighted by Crippen LogP contribution is -2.18. The van der Waals surface area contributed by atoms with E-state index in [0.717, 1.165) is 16.5 Å². The maximum absolute atomic E-state index is 11.8. The normalized spacial score (nSPS) is 13.1. The molecule has 0 aromatic heterocycles. The van der Waals surface area contributed by atoms with Crippen LogP contribution in [0.5, 0.6) is 0 Å². The number of hydrogen-bond acceptors (Lipinski definition) is 2. The molecule has 1 atom stereocenters. The predicted molar refractivity (Wildman–Crippen MR) is 88.9 cm³/mol. The quantitative estimate of drug-likeness (QED) is 0.875. The summed E-state index contributed by atoms with van der Waals surface area (Å²) in [4.78, 5) is 0.271. The summed E-state index contributed by atoms with van der Waals surface area (Å²) in [6.45, 7) is 2.17. The highest BCUT2D eigenvalue weighted by Gasteiger charge is 2.14. The van der Waals surface area contributed by atoms with Crippen LogP contribution in [0, 0.1) is 0 Å². The van der Waals surface area contributed by atoms with Gasteiger partial charge in [-0.2, -0.15) is 0 Å². The van der Waals surface area contributed by atoms with Gasteiger partial charge in [-0.25, -0.2) is 13.1 Å². The molecule has 0 aliphatic rings. The SMILES string of the molecule is CNS(=O)(=O)c1ccc(C[C@@H](C)c2ccccc2)c(Br)c1. The molecule has 0 radical (unpaired) electrons. The van der Waals surface area contributed by atoms with Gasteiger partial charge in [0.05, 0.1) is 4.90 Å². The van der Waals surface area contributed by atoms with Crippen LogP contribution in [0.4, 0.5) is 0 Å². The first kappa shape index (κ1) is 16.2. The van der Waals surface area contributed by atoms with Crippen LogP contribution in [-0.2, 0) is 16.4 Å². The molecule has 5 heteroatoms. The Kier molecular flexibility index (Phi) is 5.19. The highest BCUT2D eigenvalue weighted by Crippen LogP contribution is 2.27. The van der Waals surface area contributed by atoms with E-state index in [4.69, 9.17) is 0 Å². The summed E-state index contributed by atoms with van der Waals surface area (Å²) in [7, 11) is -1.99. The molecule has 2 aromatic rings. The van der Waals surface area contributed by atoms with Crippen LogP contribution < -0.4 is 4.72 Å². The Morgan fingerprint density at radius 2 is 1.81 bits per heavy atom. The van der Waals surface area contributed by atoms with Crippen molar-refractivity contribution in [2.75, 3.05) is 7.05 Å². The zero-order chi connectivity index (χ0) is 15.5. The lowest BCUT2D eigenvalue weighted by molar-refractivity contribution is 0.588. The Bertz CT molecular complexity index is 714. The van der Waals surface area contributed by atoms with Gasteiger partial charge < -0.3 is 0 Å². The average Bonchev–Trinajstić information content (AvgIpc) is 2.50. The zero-order valence-corrected chi connectivity index (χ0v) is 14.4. The van der Waals surface area contributed by atoms with E-state index >= 15 is 0 Å². The molecule has 0 amide bonds. The van der Waals surface area contributed by atoms with Crippen molar-refractivity contribution < 1.29 is 8.42 Å². The molecule has 0 saturated carbocycles. The first-order chi connectivity index (χ1) is 9.94. The monoisotopic (exact) mass is 367 g/mol. The van der Waals surface area contributed by atoms with Crippen LogP contribution in [0.15, 0.2) is 57.9 Å². The van der Waals surface area contributed by atoms with Gasteiger partial charge in [-0.3, -0.25) is 0 Å². The van der Waals surface area contributed by atoms with Gasteiger partial charge in [0.1, 0.15) is 0 Å². The fourth-order valence-corrected chi connectivity index (χ4v) is 3.66. The summed E-state index contributed by atoms with van der Waals surface area (Å²) in [6.07, 6.45) is 0.852. The third-order valence-electron chi connectivity index (χ3n) is 3.50. The second kappa shape index (κ2) is 6.73. The van der Waals surface area contributed by atoms with Crippen molar-refractivity contribution in [1.82, 2.24) is 4.72 Å². The predicted octanol–water partition coefficient (Wildman–Crippen LogP) is 3.70. The highest BCUT2D eigenvalue weighted by atomic mass is 79.9. The van der Waals surface area contributed by atoms with E-state index in [9.17, 15) is 8.42 Å². The largest absolute Gasteiger partial charge is 0.240 e. The van der Waals surface area contributed by atoms with Crippen LogP contribution in [0.2, 0.25) is 0 Å². The number of hydrogen-bond donors (Lipinski definition) is 1. The van der Waals surface area contributed by atoms with E-state index in [-0.39, 0.29) is 4.90 Å². The minimum atomic E-state index is -3.40. The molecule has 2 aromatic carbocycles. The zero-order valence-electron chi connectivity index (χ0n) is 12.0. The maximum Gasteiger partial charge on any atom is 0.240 e. The van der Waals surface area contributed by atoms with E-state index in [1.54, 1.807) is 12.1 Å². The van der Waals surface area contributed by atoms with Gasteiger partial charge in [0.25, 0.3) is 0 Å². The van der Waals surface area contributed by atoms with Gasteiger partial charge in [-0.15, -0.1) is 0 Å². The van der Waals surface area contributed by atoms with Gasteiger partial charge in [-0.05, 0) is 42.6 Å². The van der Waals surface area contributed by atoms with Gasteiger partial charge >= 0.3 is 0 Å². The molecule has 0 heterocycles. The van der Waals surface area contributed by atoms with E-state index in [1.807, 2.05) is 24.3 Å². The van der Waals surface area contributed by atoms with Crippen LogP contribution >= 0.6 is 15.9 Å². The topological polar surface area (TPSA) is 46.2 Å². The summed E-state index contributed by atoms with van der Waals surface area (Å²) in [5.74, 6) is 0.370. The molecule has 0 aliphatic carbocycles. The number of nitrogens with one attached hydrogen (secondary N) is 1. The van der Waals surface area contributed by atoms with Crippen LogP contribution in [0.3, 0.4) is 0 Å². The third-order valence-corrected chi connectivity index (χ3v) is 5.65. The van der Waals surface area contributed by atoms with Crippen molar-refractivity contribution in [3.8, 4) is 0 Å². The van der Waals surface area contributed by atoms with Crippen molar-refractivity contribution in [3.63, 3.8) is 0 Å². The summed E-state index contributed by atoms with van der Waals surface area (Å²) >= 11 is 3.48. The summed E-state index contributed by atoms with van der Waals surface area (Å²) < 4.78 is 26.7. The molecule has 1 N–H and O–H groups in total. The second-order valence-corrected chi connectivity index (χ2v) is 7.72. The molecule has 3 nitrogen and oxygen atoms in total. The fourth-order valence-electron chi connectivity index (χ4n) is 2.21. The van der Waals surface area contributed by atoms with Gasteiger partial charge in [0, 0.05) is 4.47 Å². The molecule has 0 spiro atoms. The van der Waals surface area contributed by atoms with Crippen LogP contribution in [0.1, 0.15) is 24.0 Å². The highest BCUT2D eigenvalue weighted by molar-refractivity contribution is 9.10. The molecule has 0 aliphatic heterocycles. The fraction of sp³-hybridized carbons (Fsp3) is 0.250. The van der Waals surface area contributed by atoms with E-state index < -0.39 is 10.0 Å². The third kappa shape index (κ3) is 3.93. The molecule has 21 heavy (non-hydrogen) atoms. The molecule has 0 unspecified atom stereocenters. The summed E-state index contributed by atoms with van der Waals surface area (Å²) in [5, 5.41) is 0. The smallest absolute Gasteiger partial charge is 0.214 e. The first-order valence-electron chi connectivity index (χ1n) is 6.71. The Hall–Kier alpha value is -1.17. The first-order valence-corrected chi connectivity index (χ1v) is 8.98. The average molecular weight is 368 g/mol. The Balaban J connectivity index is 2.23. The Morgan fingerprint density at radius 1 is 1.14 bits per heavy atom. The maximum atomic E-state index is 11.8. The molecule has 0 saturated heterocycles. The number of halogens is 1. The number of benzene rings is 2. The van der Waals surface area contributed by atoms with Crippen molar-refractivity contribution in [1.29, 1.82) is 0 Å². The molecule has 2 rings (SSSR count). The molecular formula is C16H18BrNO2S. The Morgan fingerprint density at radius 3 is 2.38 bits per heavy atom. The molecular weight excluding hydrogens is 350 g/mol. The lowest BCUT2D eigenvalue weighted by atomic mass is 9.94. The lowest BCUT2D eigenvalue weighted by Gasteiger charge is -2.14. The van der Waals surface area contributed by atoms with E-state index in [0.29, 0.717) is 5.92 Å². The van der Waals surface area contributed by atoms with E-state index in [1.165, 1.54) is 12.6 Å². The minimum Gasteiger partial charge on any atom is -0.214 e. The summed E-state index contributed by atoms with van der Waals surface area (Å²) in [6, 6.07) is 15.4. The van der Waals surface area contributed by atoms with Crippen LogP contribution in [-0.4, -0.2) is 15.5 Å². The van der Waals surface area contributed by atoms with Crippen molar-refractivity contribution in [3.05, 3.63) is 64.1 Å². The number of rotatable bonds is 5. The summed E-state index contributed by atoms with van der Waals surface area (Å²) in [5.41, 5.74) is 2.37. The second-order valence-electron chi connectivity index (χ2n) is 4.98. The molecule has 112 valence electrons. The van der Waals surface area contributed by atoms with Gasteiger partial charge in [0.15, 0.2) is 0 Å². The van der Waals surface area contributed by atoms with Gasteiger partial charge in [0.2, 0.25) is 10.0 Å². The Labute approximate surface area is 134 Å². The van der Waals surface area contributed by atoms with Crippen molar-refractivity contribution in [2.24, 2.45) is 0 Å². The van der Waals surface area contributed by atoms with Gasteiger partial charge in [-0.1, -0.05) is 59.3 Å². The van der Waals surface area contributed by atoms with Crippen molar-refractivity contribution >= 4 is 26.0 Å². The molecule has 0 bridgehead atoms. The number of sulfonamides is 1. The standard InChI is InChI=1S/C16H18BrNO2S/c1-12(13-6-4-3-5-7-13)10-14-8-9-15(11-16(14)17)21(19,20)18-2/h3-9,11-12,18H,10H2,1-2H3/t12-/m1/s1. The molecule has 0 fully saturated rings. The van der Waals surface area contributed by atoms with Crippen LogP contribution in [0.25, 0.3) is 0 Å². The van der Waals surface area contributed by atoms with Crippen molar-refractivity contribution in [2.45, 2.75) is 24.2 Å². The minimum absolute atomic E-state index is 0.271.